The number of hydrogen-bond acceptors (Lipinski definition) is 4. The number of piperidine rings is 1. The number of aryl methyl sites for hydroxylation is 1. The van der Waals surface area contributed by atoms with Crippen LogP contribution in [0.3, 0.4) is 0 Å². The van der Waals surface area contributed by atoms with E-state index in [0.717, 1.165) is 37.0 Å². The molecule has 1 aliphatic rings. The van der Waals surface area contributed by atoms with Gasteiger partial charge in [-0.05, 0) is 25.3 Å². The van der Waals surface area contributed by atoms with Crippen LogP contribution >= 0.6 is 0 Å². The summed E-state index contributed by atoms with van der Waals surface area (Å²) in [6.07, 6.45) is 7.34. The number of imidazole rings is 1. The number of amides is 1. The lowest BCUT2D eigenvalue weighted by Gasteiger charge is -2.26. The molecule has 1 amide bonds. The SMILES string of the molecule is Nc1nc2cnccc2n1CCC(=O)N1CCCCC1. The van der Waals surface area contributed by atoms with Crippen molar-refractivity contribution < 1.29 is 4.79 Å². The standard InChI is InChI=1S/C14H19N5O/c15-14-17-11-10-16-6-4-12(11)19(14)9-5-13(20)18-7-2-1-3-8-18/h4,6,10H,1-3,5,7-9H2,(H2,15,17). The Bertz CT molecular complexity index is 615. The molecule has 20 heavy (non-hydrogen) atoms. The highest BCUT2D eigenvalue weighted by Gasteiger charge is 2.17. The average Bonchev–Trinajstić information content (AvgIpc) is 2.81. The second-order valence-electron chi connectivity index (χ2n) is 5.18. The summed E-state index contributed by atoms with van der Waals surface area (Å²) in [6.45, 7) is 2.35. The van der Waals surface area contributed by atoms with E-state index in [1.54, 1.807) is 12.4 Å². The number of fused-ring (bicyclic) bond motifs is 1. The minimum Gasteiger partial charge on any atom is -0.369 e. The van der Waals surface area contributed by atoms with Crippen LogP contribution in [0.5, 0.6) is 0 Å². The Kier molecular flexibility index (Phi) is 3.54. The number of carbonyl (C=O) groups excluding carboxylic acids is 1. The summed E-state index contributed by atoms with van der Waals surface area (Å²) in [7, 11) is 0. The molecule has 6 heteroatoms. The summed E-state index contributed by atoms with van der Waals surface area (Å²) in [4.78, 5) is 22.4. The smallest absolute Gasteiger partial charge is 0.224 e. The van der Waals surface area contributed by atoms with Gasteiger partial charge >= 0.3 is 0 Å². The minimum absolute atomic E-state index is 0.208. The fourth-order valence-corrected chi connectivity index (χ4v) is 2.74. The van der Waals surface area contributed by atoms with E-state index in [1.165, 1.54) is 6.42 Å². The van der Waals surface area contributed by atoms with Crippen LogP contribution in [0.2, 0.25) is 0 Å². The van der Waals surface area contributed by atoms with Crippen molar-refractivity contribution in [1.29, 1.82) is 0 Å². The Morgan fingerprint density at radius 3 is 2.90 bits per heavy atom. The van der Waals surface area contributed by atoms with Gasteiger partial charge in [0.25, 0.3) is 0 Å². The Labute approximate surface area is 117 Å². The summed E-state index contributed by atoms with van der Waals surface area (Å²) in [6, 6.07) is 1.88. The summed E-state index contributed by atoms with van der Waals surface area (Å²) < 4.78 is 1.89. The van der Waals surface area contributed by atoms with Gasteiger partial charge in [0, 0.05) is 32.3 Å². The van der Waals surface area contributed by atoms with Crippen LogP contribution in [-0.4, -0.2) is 38.4 Å². The average molecular weight is 273 g/mol. The molecule has 3 heterocycles. The van der Waals surface area contributed by atoms with Crippen LogP contribution in [0.15, 0.2) is 18.5 Å². The van der Waals surface area contributed by atoms with Crippen molar-refractivity contribution in [2.45, 2.75) is 32.2 Å². The fourth-order valence-electron chi connectivity index (χ4n) is 2.74. The predicted molar refractivity (Wildman–Crippen MR) is 77.0 cm³/mol. The van der Waals surface area contributed by atoms with Gasteiger partial charge in [0.15, 0.2) is 0 Å². The monoisotopic (exact) mass is 273 g/mol. The van der Waals surface area contributed by atoms with E-state index in [2.05, 4.69) is 9.97 Å². The third kappa shape index (κ3) is 2.45. The lowest BCUT2D eigenvalue weighted by Crippen LogP contribution is -2.36. The third-order valence-corrected chi connectivity index (χ3v) is 3.84. The number of nitrogen functional groups attached to an aromatic ring is 1. The molecular weight excluding hydrogens is 254 g/mol. The number of likely N-dealkylation sites (tertiary alicyclic amines) is 1. The summed E-state index contributed by atoms with van der Waals surface area (Å²) in [5.74, 6) is 0.652. The van der Waals surface area contributed by atoms with E-state index >= 15 is 0 Å². The zero-order chi connectivity index (χ0) is 13.9. The molecule has 1 fully saturated rings. The molecular formula is C14H19N5O. The Morgan fingerprint density at radius 2 is 2.10 bits per heavy atom. The van der Waals surface area contributed by atoms with Gasteiger partial charge in [0.1, 0.15) is 5.52 Å². The topological polar surface area (TPSA) is 77.0 Å². The zero-order valence-electron chi connectivity index (χ0n) is 11.5. The maximum Gasteiger partial charge on any atom is 0.224 e. The maximum absolute atomic E-state index is 12.2. The molecule has 2 N–H and O–H groups in total. The second kappa shape index (κ2) is 5.48. The summed E-state index contributed by atoms with van der Waals surface area (Å²) >= 11 is 0. The fraction of sp³-hybridized carbons (Fsp3) is 0.500. The van der Waals surface area contributed by atoms with Gasteiger partial charge in [0.05, 0.1) is 11.7 Å². The number of rotatable bonds is 3. The molecule has 3 rings (SSSR count). The highest BCUT2D eigenvalue weighted by molar-refractivity contribution is 5.79. The van der Waals surface area contributed by atoms with Crippen molar-refractivity contribution in [3.8, 4) is 0 Å². The Morgan fingerprint density at radius 1 is 1.30 bits per heavy atom. The lowest BCUT2D eigenvalue weighted by molar-refractivity contribution is -0.132. The van der Waals surface area contributed by atoms with E-state index < -0.39 is 0 Å². The number of hydrogen-bond donors (Lipinski definition) is 1. The number of anilines is 1. The molecule has 2 aromatic rings. The molecule has 0 atom stereocenters. The number of aromatic nitrogens is 3. The Balaban J connectivity index is 1.70. The number of nitrogens with zero attached hydrogens (tertiary/aromatic N) is 4. The quantitative estimate of drug-likeness (QED) is 0.917. The first-order valence-corrected chi connectivity index (χ1v) is 7.09. The van der Waals surface area contributed by atoms with Gasteiger partial charge in [0.2, 0.25) is 11.9 Å². The lowest BCUT2D eigenvalue weighted by atomic mass is 10.1. The van der Waals surface area contributed by atoms with Gasteiger partial charge in [-0.25, -0.2) is 4.98 Å². The summed E-state index contributed by atoms with van der Waals surface area (Å²) in [5.41, 5.74) is 7.62. The molecule has 0 bridgehead atoms. The zero-order valence-corrected chi connectivity index (χ0v) is 11.5. The van der Waals surface area contributed by atoms with Gasteiger partial charge in [-0.15, -0.1) is 0 Å². The molecule has 0 radical (unpaired) electrons. The highest BCUT2D eigenvalue weighted by atomic mass is 16.2. The van der Waals surface area contributed by atoms with E-state index in [4.69, 9.17) is 5.73 Å². The van der Waals surface area contributed by atoms with Gasteiger partial charge < -0.3 is 15.2 Å². The first kappa shape index (κ1) is 12.9. The highest BCUT2D eigenvalue weighted by Crippen LogP contribution is 2.17. The molecule has 0 saturated carbocycles. The van der Waals surface area contributed by atoms with Crippen LogP contribution < -0.4 is 5.73 Å². The molecule has 0 aromatic carbocycles. The maximum atomic E-state index is 12.2. The first-order valence-electron chi connectivity index (χ1n) is 7.09. The van der Waals surface area contributed by atoms with Crippen molar-refractivity contribution in [2.24, 2.45) is 0 Å². The summed E-state index contributed by atoms with van der Waals surface area (Å²) in [5, 5.41) is 0. The third-order valence-electron chi connectivity index (χ3n) is 3.84. The molecule has 0 aliphatic carbocycles. The van der Waals surface area contributed by atoms with Gasteiger partial charge in [-0.1, -0.05) is 0 Å². The van der Waals surface area contributed by atoms with Crippen molar-refractivity contribution >= 4 is 22.9 Å². The molecule has 0 spiro atoms. The van der Waals surface area contributed by atoms with E-state index in [9.17, 15) is 4.79 Å². The van der Waals surface area contributed by atoms with Crippen molar-refractivity contribution in [2.75, 3.05) is 18.8 Å². The van der Waals surface area contributed by atoms with Gasteiger partial charge in [-0.2, -0.15) is 0 Å². The van der Waals surface area contributed by atoms with Crippen molar-refractivity contribution in [3.63, 3.8) is 0 Å². The van der Waals surface area contributed by atoms with Gasteiger partial charge in [-0.3, -0.25) is 9.78 Å². The van der Waals surface area contributed by atoms with E-state index in [1.807, 2.05) is 15.5 Å². The molecule has 1 aliphatic heterocycles. The molecule has 2 aromatic heterocycles. The van der Waals surface area contributed by atoms with Crippen LogP contribution in [0, 0.1) is 0 Å². The van der Waals surface area contributed by atoms with Crippen LogP contribution in [0.25, 0.3) is 11.0 Å². The minimum atomic E-state index is 0.208. The van der Waals surface area contributed by atoms with Crippen LogP contribution in [0.4, 0.5) is 5.95 Å². The van der Waals surface area contributed by atoms with Crippen LogP contribution in [-0.2, 0) is 11.3 Å². The van der Waals surface area contributed by atoms with E-state index in [-0.39, 0.29) is 5.91 Å². The predicted octanol–water partition coefficient (Wildman–Crippen LogP) is 1.42. The molecule has 1 saturated heterocycles. The molecule has 6 nitrogen and oxygen atoms in total. The Hall–Kier alpha value is -2.11. The second-order valence-corrected chi connectivity index (χ2v) is 5.18. The largest absolute Gasteiger partial charge is 0.369 e. The van der Waals surface area contributed by atoms with Crippen molar-refractivity contribution in [1.82, 2.24) is 19.4 Å². The molecule has 0 unspecified atom stereocenters. The normalized spacial score (nSPS) is 15.7. The molecule has 106 valence electrons. The first-order chi connectivity index (χ1) is 9.75. The number of nitrogens with two attached hydrogens (primary N) is 1. The van der Waals surface area contributed by atoms with E-state index in [0.29, 0.717) is 18.9 Å². The van der Waals surface area contributed by atoms with Crippen molar-refractivity contribution in [3.05, 3.63) is 18.5 Å². The number of carbonyl (C=O) groups is 1. The van der Waals surface area contributed by atoms with Crippen LogP contribution in [0.1, 0.15) is 25.7 Å². The number of pyridine rings is 1.